The second-order valence-electron chi connectivity index (χ2n) is 6.27. The molecule has 0 aliphatic heterocycles. The maximum atomic E-state index is 9.39. The van der Waals surface area contributed by atoms with Gasteiger partial charge in [-0.3, -0.25) is 0 Å². The van der Waals surface area contributed by atoms with E-state index in [4.69, 9.17) is 0 Å². The third-order valence-electron chi connectivity index (χ3n) is 4.74. The number of phenols is 1. The minimum atomic E-state index is 0.258. The first kappa shape index (κ1) is 13.9. The first-order valence-electron chi connectivity index (χ1n) is 8.27. The predicted molar refractivity (Wildman–Crippen MR) is 104 cm³/mol. The Balaban J connectivity index is 1.78. The maximum Gasteiger partial charge on any atom is 0.115 e. The van der Waals surface area contributed by atoms with Gasteiger partial charge in [0.2, 0.25) is 0 Å². The summed E-state index contributed by atoms with van der Waals surface area (Å²) in [6, 6.07) is 26.4. The molecular weight excluding hydrogens is 304 g/mol. The molecule has 25 heavy (non-hydrogen) atoms. The van der Waals surface area contributed by atoms with E-state index in [1.54, 1.807) is 12.1 Å². The number of hydrogen-bond acceptors (Lipinski definition) is 1. The summed E-state index contributed by atoms with van der Waals surface area (Å²) in [5.41, 5.74) is 1.92. The van der Waals surface area contributed by atoms with Gasteiger partial charge in [-0.05, 0) is 62.6 Å². The quantitative estimate of drug-likeness (QED) is 0.287. The van der Waals surface area contributed by atoms with Crippen LogP contribution in [0, 0.1) is 11.8 Å². The maximum absolute atomic E-state index is 9.39. The largest absolute Gasteiger partial charge is 0.508 e. The van der Waals surface area contributed by atoms with Gasteiger partial charge >= 0.3 is 0 Å². The topological polar surface area (TPSA) is 20.2 Å². The lowest BCUT2D eigenvalue weighted by Crippen LogP contribution is -1.86. The van der Waals surface area contributed by atoms with E-state index in [1.165, 1.54) is 32.3 Å². The molecule has 0 saturated carbocycles. The summed E-state index contributed by atoms with van der Waals surface area (Å²) in [5, 5.41) is 16.9. The molecular formula is C24H14O. The molecule has 0 aliphatic rings. The monoisotopic (exact) mass is 318 g/mol. The molecule has 5 rings (SSSR count). The molecule has 0 spiro atoms. The molecule has 0 radical (unpaired) electrons. The van der Waals surface area contributed by atoms with E-state index in [9.17, 15) is 5.11 Å². The van der Waals surface area contributed by atoms with Gasteiger partial charge in [0.25, 0.3) is 0 Å². The van der Waals surface area contributed by atoms with Gasteiger partial charge in [0.05, 0.1) is 0 Å². The Morgan fingerprint density at radius 1 is 0.560 bits per heavy atom. The molecule has 1 N–H and O–H groups in total. The second-order valence-corrected chi connectivity index (χ2v) is 6.27. The van der Waals surface area contributed by atoms with Crippen LogP contribution in [0.2, 0.25) is 0 Å². The fourth-order valence-corrected chi connectivity index (χ4v) is 3.53. The van der Waals surface area contributed by atoms with Gasteiger partial charge in [0, 0.05) is 11.1 Å². The Morgan fingerprint density at radius 2 is 1.20 bits per heavy atom. The zero-order valence-electron chi connectivity index (χ0n) is 13.5. The van der Waals surface area contributed by atoms with Crippen molar-refractivity contribution in [1.29, 1.82) is 0 Å². The van der Waals surface area contributed by atoms with Gasteiger partial charge < -0.3 is 5.11 Å². The molecule has 0 saturated heterocycles. The van der Waals surface area contributed by atoms with Gasteiger partial charge in [-0.2, -0.15) is 0 Å². The number of rotatable bonds is 0. The molecule has 116 valence electrons. The summed E-state index contributed by atoms with van der Waals surface area (Å²) < 4.78 is 0. The summed E-state index contributed by atoms with van der Waals surface area (Å²) in [6.45, 7) is 0. The number of phenolic OH excluding ortho intramolecular Hbond substituents is 1. The fraction of sp³-hybridized carbons (Fsp3) is 0. The Hall–Kier alpha value is -3.50. The van der Waals surface area contributed by atoms with E-state index in [2.05, 4.69) is 66.4 Å². The third-order valence-corrected chi connectivity index (χ3v) is 4.74. The Labute approximate surface area is 145 Å². The first-order chi connectivity index (χ1) is 12.3. The fourth-order valence-electron chi connectivity index (χ4n) is 3.53. The molecule has 0 atom stereocenters. The van der Waals surface area contributed by atoms with E-state index in [0.29, 0.717) is 0 Å². The lowest BCUT2D eigenvalue weighted by atomic mass is 9.92. The minimum Gasteiger partial charge on any atom is -0.508 e. The molecule has 0 bridgehead atoms. The van der Waals surface area contributed by atoms with Crippen LogP contribution in [0.15, 0.2) is 78.9 Å². The molecule has 5 aromatic carbocycles. The van der Waals surface area contributed by atoms with Crippen LogP contribution in [-0.4, -0.2) is 5.11 Å². The summed E-state index contributed by atoms with van der Waals surface area (Å²) in [5.74, 6) is 6.76. The molecule has 0 aliphatic carbocycles. The lowest BCUT2D eigenvalue weighted by Gasteiger charge is -2.11. The van der Waals surface area contributed by atoms with Crippen molar-refractivity contribution in [3.05, 3.63) is 90.0 Å². The van der Waals surface area contributed by atoms with Crippen LogP contribution < -0.4 is 0 Å². The van der Waals surface area contributed by atoms with Crippen molar-refractivity contribution in [1.82, 2.24) is 0 Å². The zero-order valence-corrected chi connectivity index (χ0v) is 13.5. The van der Waals surface area contributed by atoms with Crippen LogP contribution in [0.25, 0.3) is 32.3 Å². The minimum absolute atomic E-state index is 0.258. The Kier molecular flexibility index (Phi) is 2.92. The van der Waals surface area contributed by atoms with Gasteiger partial charge in [0.15, 0.2) is 0 Å². The standard InChI is InChI=1S/C24H14O/c25-21-13-5-16(6-14-21)4-7-17-8-9-20-11-10-18-2-1-3-19-12-15-22(17)24(20)23(18)19/h1-3,5-6,8-15,25H. The van der Waals surface area contributed by atoms with E-state index in [0.717, 1.165) is 11.1 Å². The van der Waals surface area contributed by atoms with Gasteiger partial charge in [-0.25, -0.2) is 0 Å². The van der Waals surface area contributed by atoms with E-state index in [-0.39, 0.29) is 5.75 Å². The highest BCUT2D eigenvalue weighted by molar-refractivity contribution is 6.23. The Morgan fingerprint density at radius 3 is 1.96 bits per heavy atom. The highest BCUT2D eigenvalue weighted by Gasteiger charge is 2.09. The predicted octanol–water partition coefficient (Wildman–Crippen LogP) is 5.69. The van der Waals surface area contributed by atoms with Crippen LogP contribution in [0.4, 0.5) is 0 Å². The molecule has 1 nitrogen and oxygen atoms in total. The van der Waals surface area contributed by atoms with Crippen LogP contribution in [0.3, 0.4) is 0 Å². The van der Waals surface area contributed by atoms with Crippen molar-refractivity contribution in [3.8, 4) is 17.6 Å². The summed E-state index contributed by atoms with van der Waals surface area (Å²) in [6.07, 6.45) is 0. The third kappa shape index (κ3) is 2.20. The van der Waals surface area contributed by atoms with Crippen molar-refractivity contribution in [2.24, 2.45) is 0 Å². The summed E-state index contributed by atoms with van der Waals surface area (Å²) in [4.78, 5) is 0. The molecule has 0 heterocycles. The van der Waals surface area contributed by atoms with Crippen LogP contribution in [0.5, 0.6) is 5.75 Å². The average Bonchev–Trinajstić information content (AvgIpc) is 2.66. The van der Waals surface area contributed by atoms with Crippen LogP contribution in [0.1, 0.15) is 11.1 Å². The smallest absolute Gasteiger partial charge is 0.115 e. The van der Waals surface area contributed by atoms with Crippen molar-refractivity contribution >= 4 is 32.3 Å². The van der Waals surface area contributed by atoms with Crippen LogP contribution >= 0.6 is 0 Å². The zero-order chi connectivity index (χ0) is 16.8. The number of benzene rings is 5. The van der Waals surface area contributed by atoms with E-state index in [1.807, 2.05) is 12.1 Å². The van der Waals surface area contributed by atoms with Gasteiger partial charge in [-0.1, -0.05) is 60.4 Å². The lowest BCUT2D eigenvalue weighted by molar-refractivity contribution is 0.475. The molecule has 1 heteroatoms. The first-order valence-corrected chi connectivity index (χ1v) is 8.27. The summed E-state index contributed by atoms with van der Waals surface area (Å²) >= 11 is 0. The van der Waals surface area contributed by atoms with Crippen molar-refractivity contribution in [2.75, 3.05) is 0 Å². The second kappa shape index (κ2) is 5.26. The molecule has 0 amide bonds. The molecule has 5 aromatic rings. The van der Waals surface area contributed by atoms with E-state index >= 15 is 0 Å². The SMILES string of the molecule is Oc1ccc(C#Cc2ccc3ccc4cccc5ccc2c3c45)cc1. The highest BCUT2D eigenvalue weighted by atomic mass is 16.3. The van der Waals surface area contributed by atoms with Crippen molar-refractivity contribution in [2.45, 2.75) is 0 Å². The van der Waals surface area contributed by atoms with E-state index < -0.39 is 0 Å². The van der Waals surface area contributed by atoms with Gasteiger partial charge in [-0.15, -0.1) is 0 Å². The normalized spacial score (nSPS) is 11.0. The number of hydrogen-bond donors (Lipinski definition) is 1. The molecule has 0 fully saturated rings. The van der Waals surface area contributed by atoms with Gasteiger partial charge in [0.1, 0.15) is 5.75 Å². The molecule has 0 unspecified atom stereocenters. The average molecular weight is 318 g/mol. The van der Waals surface area contributed by atoms with Crippen molar-refractivity contribution in [3.63, 3.8) is 0 Å². The molecule has 0 aromatic heterocycles. The summed E-state index contributed by atoms with van der Waals surface area (Å²) in [7, 11) is 0. The van der Waals surface area contributed by atoms with Crippen molar-refractivity contribution < 1.29 is 5.11 Å². The van der Waals surface area contributed by atoms with Crippen LogP contribution in [-0.2, 0) is 0 Å². The Bertz CT molecular complexity index is 1270. The number of aromatic hydroxyl groups is 1. The highest BCUT2D eigenvalue weighted by Crippen LogP contribution is 2.35.